The molecule has 0 spiro atoms. The van der Waals surface area contributed by atoms with Gasteiger partial charge >= 0.3 is 0 Å². The minimum atomic E-state index is 0. The second-order valence-electron chi connectivity index (χ2n) is 6.15. The van der Waals surface area contributed by atoms with E-state index >= 15 is 0 Å². The van der Waals surface area contributed by atoms with Gasteiger partial charge in [-0.25, -0.2) is 0 Å². The summed E-state index contributed by atoms with van der Waals surface area (Å²) < 4.78 is 1.87. The number of piperazine rings is 1. The molecule has 1 aliphatic heterocycles. The molecule has 0 aliphatic carbocycles. The standard InChI is InChI=1S/C17H24N4.ClH/c1-13-4-5-15(12-21-7-6-18-14(2)10-21)17(8-13)16-9-19-20(3)11-16;/h4-5,8-9,11,14,18H,6-7,10,12H2,1-3H3;1H/t14-;/m1./s1. The maximum absolute atomic E-state index is 4.32. The number of aromatic nitrogens is 2. The second kappa shape index (κ2) is 7.27. The molecule has 22 heavy (non-hydrogen) atoms. The van der Waals surface area contributed by atoms with Crippen molar-refractivity contribution in [2.24, 2.45) is 7.05 Å². The summed E-state index contributed by atoms with van der Waals surface area (Å²) in [4.78, 5) is 2.53. The zero-order chi connectivity index (χ0) is 14.8. The quantitative estimate of drug-likeness (QED) is 0.943. The molecule has 2 aromatic rings. The molecular formula is C17H25ClN4. The van der Waals surface area contributed by atoms with Crippen molar-refractivity contribution >= 4 is 12.4 Å². The van der Waals surface area contributed by atoms with Crippen molar-refractivity contribution in [2.45, 2.75) is 26.4 Å². The number of nitrogens with one attached hydrogen (secondary N) is 1. The van der Waals surface area contributed by atoms with Crippen molar-refractivity contribution in [2.75, 3.05) is 19.6 Å². The van der Waals surface area contributed by atoms with Crippen LogP contribution in [0.1, 0.15) is 18.1 Å². The molecule has 5 heteroatoms. The molecule has 4 nitrogen and oxygen atoms in total. The zero-order valence-corrected chi connectivity index (χ0v) is 14.4. The first-order chi connectivity index (χ1) is 10.1. The lowest BCUT2D eigenvalue weighted by molar-refractivity contribution is 0.200. The van der Waals surface area contributed by atoms with Crippen molar-refractivity contribution in [1.82, 2.24) is 20.0 Å². The Morgan fingerprint density at radius 1 is 1.36 bits per heavy atom. The number of benzene rings is 1. The fraction of sp³-hybridized carbons (Fsp3) is 0.471. The summed E-state index contributed by atoms with van der Waals surface area (Å²) in [6, 6.07) is 7.33. The predicted octanol–water partition coefficient (Wildman–Crippen LogP) is 2.61. The Balaban J connectivity index is 0.00000176. The van der Waals surface area contributed by atoms with Gasteiger partial charge in [-0.15, -0.1) is 12.4 Å². The van der Waals surface area contributed by atoms with Gasteiger partial charge in [-0.1, -0.05) is 23.8 Å². The van der Waals surface area contributed by atoms with Crippen molar-refractivity contribution in [1.29, 1.82) is 0 Å². The fourth-order valence-electron chi connectivity index (χ4n) is 3.05. The van der Waals surface area contributed by atoms with Crippen LogP contribution < -0.4 is 5.32 Å². The van der Waals surface area contributed by atoms with Crippen LogP contribution in [0.4, 0.5) is 0 Å². The van der Waals surface area contributed by atoms with E-state index in [1.54, 1.807) is 0 Å². The summed E-state index contributed by atoms with van der Waals surface area (Å²) in [6.07, 6.45) is 4.05. The van der Waals surface area contributed by atoms with E-state index in [2.05, 4.69) is 53.6 Å². The number of halogens is 1. The Morgan fingerprint density at radius 2 is 2.18 bits per heavy atom. The van der Waals surface area contributed by atoms with E-state index in [9.17, 15) is 0 Å². The Morgan fingerprint density at radius 3 is 2.86 bits per heavy atom. The molecule has 0 unspecified atom stereocenters. The topological polar surface area (TPSA) is 33.1 Å². The average Bonchev–Trinajstić information content (AvgIpc) is 2.87. The second-order valence-corrected chi connectivity index (χ2v) is 6.15. The SMILES string of the molecule is Cc1ccc(CN2CCN[C@H](C)C2)c(-c2cnn(C)c2)c1.Cl. The minimum Gasteiger partial charge on any atom is -0.312 e. The van der Waals surface area contributed by atoms with Gasteiger partial charge in [0.05, 0.1) is 6.20 Å². The predicted molar refractivity (Wildman–Crippen MR) is 93.4 cm³/mol. The van der Waals surface area contributed by atoms with E-state index in [1.807, 2.05) is 17.9 Å². The summed E-state index contributed by atoms with van der Waals surface area (Å²) in [7, 11) is 1.97. The summed E-state index contributed by atoms with van der Waals surface area (Å²) in [5, 5.41) is 7.82. The van der Waals surface area contributed by atoms with E-state index in [0.717, 1.165) is 26.2 Å². The zero-order valence-electron chi connectivity index (χ0n) is 13.5. The maximum Gasteiger partial charge on any atom is 0.0568 e. The Bertz CT molecular complexity index is 623. The summed E-state index contributed by atoms with van der Waals surface area (Å²) in [5.74, 6) is 0. The first-order valence-corrected chi connectivity index (χ1v) is 7.66. The summed E-state index contributed by atoms with van der Waals surface area (Å²) in [6.45, 7) is 8.72. The molecule has 1 atom stereocenters. The van der Waals surface area contributed by atoms with Gasteiger partial charge in [0.15, 0.2) is 0 Å². The van der Waals surface area contributed by atoms with Crippen molar-refractivity contribution < 1.29 is 0 Å². The fourth-order valence-corrected chi connectivity index (χ4v) is 3.05. The Labute approximate surface area is 138 Å². The highest BCUT2D eigenvalue weighted by Gasteiger charge is 2.17. The maximum atomic E-state index is 4.32. The summed E-state index contributed by atoms with van der Waals surface area (Å²) in [5.41, 5.74) is 5.21. The van der Waals surface area contributed by atoms with Crippen LogP contribution >= 0.6 is 12.4 Å². The Kier molecular flexibility index (Phi) is 5.62. The van der Waals surface area contributed by atoms with Crippen LogP contribution in [0.25, 0.3) is 11.1 Å². The van der Waals surface area contributed by atoms with E-state index in [-0.39, 0.29) is 12.4 Å². The first kappa shape index (κ1) is 17.0. The van der Waals surface area contributed by atoms with Crippen LogP contribution in [0.15, 0.2) is 30.6 Å². The average molecular weight is 321 g/mol. The molecule has 1 aliphatic rings. The summed E-state index contributed by atoms with van der Waals surface area (Å²) >= 11 is 0. The molecule has 0 amide bonds. The third kappa shape index (κ3) is 3.88. The van der Waals surface area contributed by atoms with E-state index in [1.165, 1.54) is 22.3 Å². The molecule has 1 N–H and O–H groups in total. The highest BCUT2D eigenvalue weighted by molar-refractivity contribution is 5.85. The van der Waals surface area contributed by atoms with Gasteiger partial charge in [0.2, 0.25) is 0 Å². The smallest absolute Gasteiger partial charge is 0.0568 e. The molecule has 1 saturated heterocycles. The van der Waals surface area contributed by atoms with Crippen LogP contribution in [-0.2, 0) is 13.6 Å². The molecule has 1 fully saturated rings. The van der Waals surface area contributed by atoms with Crippen LogP contribution in [0.2, 0.25) is 0 Å². The monoisotopic (exact) mass is 320 g/mol. The van der Waals surface area contributed by atoms with Gasteiger partial charge in [-0.2, -0.15) is 5.10 Å². The molecule has 1 aromatic heterocycles. The van der Waals surface area contributed by atoms with Gasteiger partial charge in [0, 0.05) is 51.0 Å². The van der Waals surface area contributed by atoms with Gasteiger partial charge in [0.1, 0.15) is 0 Å². The number of rotatable bonds is 3. The van der Waals surface area contributed by atoms with Gasteiger partial charge in [-0.3, -0.25) is 9.58 Å². The van der Waals surface area contributed by atoms with Crippen molar-refractivity contribution in [3.8, 4) is 11.1 Å². The van der Waals surface area contributed by atoms with Crippen LogP contribution in [0.3, 0.4) is 0 Å². The van der Waals surface area contributed by atoms with Gasteiger partial charge in [0.25, 0.3) is 0 Å². The third-order valence-corrected chi connectivity index (χ3v) is 4.13. The first-order valence-electron chi connectivity index (χ1n) is 7.66. The largest absolute Gasteiger partial charge is 0.312 e. The molecule has 0 radical (unpaired) electrons. The van der Waals surface area contributed by atoms with Crippen LogP contribution in [0, 0.1) is 6.92 Å². The van der Waals surface area contributed by atoms with Gasteiger partial charge in [-0.05, 0) is 25.0 Å². The molecular weight excluding hydrogens is 296 g/mol. The third-order valence-electron chi connectivity index (χ3n) is 4.13. The number of nitrogens with zero attached hydrogens (tertiary/aromatic N) is 3. The number of aryl methyl sites for hydroxylation is 2. The minimum absolute atomic E-state index is 0. The van der Waals surface area contributed by atoms with Crippen LogP contribution in [-0.4, -0.2) is 40.4 Å². The molecule has 2 heterocycles. The molecule has 0 bridgehead atoms. The Hall–Kier alpha value is -1.36. The van der Waals surface area contributed by atoms with Crippen molar-refractivity contribution in [3.05, 3.63) is 41.7 Å². The molecule has 1 aromatic carbocycles. The van der Waals surface area contributed by atoms with E-state index < -0.39 is 0 Å². The van der Waals surface area contributed by atoms with E-state index in [0.29, 0.717) is 6.04 Å². The highest BCUT2D eigenvalue weighted by atomic mass is 35.5. The van der Waals surface area contributed by atoms with Gasteiger partial charge < -0.3 is 5.32 Å². The van der Waals surface area contributed by atoms with Crippen molar-refractivity contribution in [3.63, 3.8) is 0 Å². The van der Waals surface area contributed by atoms with Crippen LogP contribution in [0.5, 0.6) is 0 Å². The normalized spacial score (nSPS) is 19.0. The lowest BCUT2D eigenvalue weighted by atomic mass is 9.99. The highest BCUT2D eigenvalue weighted by Crippen LogP contribution is 2.26. The number of hydrogen-bond acceptors (Lipinski definition) is 3. The molecule has 120 valence electrons. The van der Waals surface area contributed by atoms with E-state index in [4.69, 9.17) is 0 Å². The number of hydrogen-bond donors (Lipinski definition) is 1. The lowest BCUT2D eigenvalue weighted by Gasteiger charge is -2.32. The molecule has 3 rings (SSSR count). The lowest BCUT2D eigenvalue weighted by Crippen LogP contribution is -2.48. The molecule has 0 saturated carbocycles.